The monoisotopic (exact) mass is 356 g/mol. The largest absolute Gasteiger partial charge is 0.456 e. The van der Waals surface area contributed by atoms with Crippen LogP contribution in [0.25, 0.3) is 21.9 Å². The molecule has 0 radical (unpaired) electrons. The maximum atomic E-state index is 12.6. The molecule has 1 aromatic heterocycles. The van der Waals surface area contributed by atoms with Gasteiger partial charge < -0.3 is 4.42 Å². The molecule has 5 N–H and O–H groups in total. The van der Waals surface area contributed by atoms with Crippen molar-refractivity contribution < 1.29 is 21.3 Å². The van der Waals surface area contributed by atoms with Crippen molar-refractivity contribution in [2.24, 2.45) is 11.7 Å². The zero-order chi connectivity index (χ0) is 16.8. The van der Waals surface area contributed by atoms with Gasteiger partial charge in [-0.1, -0.05) is 24.3 Å². The molecule has 0 saturated heterocycles. The maximum absolute atomic E-state index is 12.6. The summed E-state index contributed by atoms with van der Waals surface area (Å²) in [5.74, 6) is 10.1. The summed E-state index contributed by atoms with van der Waals surface area (Å²) in [6.07, 6.45) is 0. The Morgan fingerprint density at radius 1 is 0.957 bits per heavy atom. The molecular formula is C12H12N4O5S2. The highest BCUT2D eigenvalue weighted by Crippen LogP contribution is 2.34. The van der Waals surface area contributed by atoms with Crippen molar-refractivity contribution in [3.63, 3.8) is 0 Å². The maximum Gasteiger partial charge on any atom is 0.318 e. The number of benzene rings is 2. The Morgan fingerprint density at radius 2 is 1.61 bits per heavy atom. The summed E-state index contributed by atoms with van der Waals surface area (Å²) in [6, 6.07) is 11.0. The quantitative estimate of drug-likeness (QED) is 0.445. The van der Waals surface area contributed by atoms with E-state index in [2.05, 4.69) is 0 Å². The molecule has 122 valence electrons. The summed E-state index contributed by atoms with van der Waals surface area (Å²) < 4.78 is 53.7. The van der Waals surface area contributed by atoms with E-state index in [-0.39, 0.29) is 14.1 Å². The highest BCUT2D eigenvalue weighted by atomic mass is 32.3. The first-order valence-electron chi connectivity index (χ1n) is 6.22. The van der Waals surface area contributed by atoms with Crippen molar-refractivity contribution in [2.75, 3.05) is 0 Å². The van der Waals surface area contributed by atoms with E-state index in [9.17, 15) is 16.8 Å². The summed E-state index contributed by atoms with van der Waals surface area (Å²) in [5, 5.41) is 0.763. The molecule has 3 aromatic rings. The van der Waals surface area contributed by atoms with Crippen LogP contribution in [-0.2, 0) is 20.2 Å². The number of hydrazine groups is 2. The Kier molecular flexibility index (Phi) is 3.63. The lowest BCUT2D eigenvalue weighted by Gasteiger charge is -2.16. The number of rotatable bonds is 4. The molecular weight excluding hydrogens is 344 g/mol. The molecule has 0 atom stereocenters. The summed E-state index contributed by atoms with van der Waals surface area (Å²) in [4.78, 5) is 1.06. The number of hydrogen-bond acceptors (Lipinski definition) is 7. The van der Waals surface area contributed by atoms with E-state index < -0.39 is 20.2 Å². The Balaban J connectivity index is 2.36. The van der Waals surface area contributed by atoms with Crippen LogP contribution in [0, 0.1) is 0 Å². The fraction of sp³-hybridized carbons (Fsp3) is 0. The summed E-state index contributed by atoms with van der Waals surface area (Å²) >= 11 is 0. The average molecular weight is 356 g/mol. The summed E-state index contributed by atoms with van der Waals surface area (Å²) in [7, 11) is -9.16. The third-order valence-corrected chi connectivity index (χ3v) is 6.58. The standard InChI is InChI=1S/C12H12N4O5S2/c13-15-23(19,20)16(14)22(17,18)11-7-3-6-10-12(11)8-4-1-2-5-9(8)21-10/h1-7,15H,13-14H2. The van der Waals surface area contributed by atoms with Crippen molar-refractivity contribution in [3.8, 4) is 0 Å². The molecule has 0 amide bonds. The van der Waals surface area contributed by atoms with E-state index in [1.165, 1.54) is 17.0 Å². The van der Waals surface area contributed by atoms with Gasteiger partial charge in [0.25, 0.3) is 10.0 Å². The number of nitrogens with zero attached hydrogens (tertiary/aromatic N) is 1. The van der Waals surface area contributed by atoms with E-state index in [4.69, 9.17) is 16.1 Å². The van der Waals surface area contributed by atoms with Crippen LogP contribution in [0.2, 0.25) is 0 Å². The van der Waals surface area contributed by atoms with Crippen molar-refractivity contribution in [2.45, 2.75) is 4.90 Å². The second kappa shape index (κ2) is 5.26. The highest BCUT2D eigenvalue weighted by Gasteiger charge is 2.34. The molecule has 0 aliphatic rings. The lowest BCUT2D eigenvalue weighted by atomic mass is 10.1. The molecule has 2 aromatic carbocycles. The van der Waals surface area contributed by atoms with Crippen LogP contribution >= 0.6 is 0 Å². The minimum atomic E-state index is -4.59. The van der Waals surface area contributed by atoms with E-state index in [0.29, 0.717) is 16.6 Å². The minimum Gasteiger partial charge on any atom is -0.456 e. The van der Waals surface area contributed by atoms with Gasteiger partial charge in [-0.05, 0) is 22.0 Å². The average Bonchev–Trinajstić information content (AvgIpc) is 2.92. The molecule has 0 saturated carbocycles. The van der Waals surface area contributed by atoms with Gasteiger partial charge in [0.05, 0.1) is 4.90 Å². The minimum absolute atomic E-state index is 0.241. The Labute approximate surface area is 131 Å². The number of para-hydroxylation sites is 1. The van der Waals surface area contributed by atoms with E-state index in [0.717, 1.165) is 0 Å². The van der Waals surface area contributed by atoms with Crippen LogP contribution in [0.5, 0.6) is 0 Å². The molecule has 0 fully saturated rings. The predicted octanol–water partition coefficient (Wildman–Crippen LogP) is 0.159. The molecule has 23 heavy (non-hydrogen) atoms. The third kappa shape index (κ3) is 2.39. The van der Waals surface area contributed by atoms with E-state index in [1.807, 2.05) is 0 Å². The fourth-order valence-electron chi connectivity index (χ4n) is 2.24. The summed E-state index contributed by atoms with van der Waals surface area (Å²) in [5.41, 5.74) is 0.757. The van der Waals surface area contributed by atoms with Gasteiger partial charge in [-0.25, -0.2) is 14.3 Å². The van der Waals surface area contributed by atoms with Crippen LogP contribution in [0.4, 0.5) is 0 Å². The topological polar surface area (TPSA) is 149 Å². The first kappa shape index (κ1) is 15.9. The van der Waals surface area contributed by atoms with Gasteiger partial charge in [0.1, 0.15) is 11.2 Å². The van der Waals surface area contributed by atoms with Gasteiger partial charge in [-0.15, -0.1) is 4.83 Å². The molecule has 0 spiro atoms. The van der Waals surface area contributed by atoms with Crippen LogP contribution in [0.3, 0.4) is 0 Å². The zero-order valence-electron chi connectivity index (χ0n) is 11.5. The molecule has 1 heterocycles. The zero-order valence-corrected chi connectivity index (χ0v) is 13.1. The normalized spacial score (nSPS) is 13.2. The number of furan rings is 1. The number of fused-ring (bicyclic) bond motifs is 3. The van der Waals surface area contributed by atoms with Gasteiger partial charge in [-0.3, -0.25) is 5.84 Å². The van der Waals surface area contributed by atoms with Gasteiger partial charge in [0.15, 0.2) is 0 Å². The van der Waals surface area contributed by atoms with Gasteiger partial charge in [-0.2, -0.15) is 8.42 Å². The van der Waals surface area contributed by atoms with Crippen molar-refractivity contribution in [1.82, 2.24) is 8.65 Å². The van der Waals surface area contributed by atoms with Crippen LogP contribution in [0.1, 0.15) is 0 Å². The van der Waals surface area contributed by atoms with Crippen LogP contribution in [0.15, 0.2) is 51.8 Å². The number of nitrogens with one attached hydrogen (secondary N) is 1. The van der Waals surface area contributed by atoms with E-state index >= 15 is 0 Å². The van der Waals surface area contributed by atoms with Crippen molar-refractivity contribution in [3.05, 3.63) is 42.5 Å². The van der Waals surface area contributed by atoms with Crippen LogP contribution in [-0.4, -0.2) is 20.7 Å². The van der Waals surface area contributed by atoms with Gasteiger partial charge >= 0.3 is 10.2 Å². The third-order valence-electron chi connectivity index (χ3n) is 3.26. The second-order valence-electron chi connectivity index (χ2n) is 4.58. The lowest BCUT2D eigenvalue weighted by Crippen LogP contribution is -2.50. The molecule has 9 nitrogen and oxygen atoms in total. The number of sulfonamides is 1. The predicted molar refractivity (Wildman–Crippen MR) is 83.2 cm³/mol. The number of hydrogen-bond donors (Lipinski definition) is 3. The fourth-order valence-corrected chi connectivity index (χ4v) is 4.66. The molecule has 0 bridgehead atoms. The SMILES string of the molecule is NNS(=O)(=O)N(N)S(=O)(=O)c1cccc2oc3ccccc3c12. The van der Waals surface area contributed by atoms with Crippen molar-refractivity contribution >= 4 is 42.2 Å². The molecule has 0 unspecified atom stereocenters. The number of nitrogens with two attached hydrogens (primary N) is 2. The summed E-state index contributed by atoms with van der Waals surface area (Å²) in [6.45, 7) is 0. The smallest absolute Gasteiger partial charge is 0.318 e. The molecule has 3 rings (SSSR count). The lowest BCUT2D eigenvalue weighted by molar-refractivity contribution is 0.498. The van der Waals surface area contributed by atoms with Gasteiger partial charge in [0.2, 0.25) is 0 Å². The van der Waals surface area contributed by atoms with Crippen LogP contribution < -0.4 is 16.5 Å². The molecule has 11 heteroatoms. The Morgan fingerprint density at radius 3 is 2.30 bits per heavy atom. The Hall–Kier alpha value is -2.02. The molecule has 0 aliphatic heterocycles. The second-order valence-corrected chi connectivity index (χ2v) is 8.17. The Bertz CT molecular complexity index is 1100. The molecule has 0 aliphatic carbocycles. The first-order chi connectivity index (χ1) is 10.8. The van der Waals surface area contributed by atoms with Gasteiger partial charge in [0, 0.05) is 10.8 Å². The first-order valence-corrected chi connectivity index (χ1v) is 9.10. The van der Waals surface area contributed by atoms with E-state index in [1.54, 1.807) is 30.3 Å². The highest BCUT2D eigenvalue weighted by molar-refractivity contribution is 8.03. The van der Waals surface area contributed by atoms with Crippen molar-refractivity contribution in [1.29, 1.82) is 0 Å².